The number of rotatable bonds is 1. The molecule has 0 amide bonds. The maximum Gasteiger partial charge on any atom is -0.00642 e. The Kier molecular flexibility index (Phi) is 2.63. The van der Waals surface area contributed by atoms with Crippen molar-refractivity contribution in [3.8, 4) is 11.1 Å². The van der Waals surface area contributed by atoms with E-state index in [-0.39, 0.29) is 0 Å². The van der Waals surface area contributed by atoms with Gasteiger partial charge in [-0.15, -0.1) is 0 Å². The zero-order chi connectivity index (χ0) is 15.4. The topological polar surface area (TPSA) is 0 Å². The molecule has 0 nitrogen and oxygen atoms in total. The van der Waals surface area contributed by atoms with Gasteiger partial charge >= 0.3 is 0 Å². The Morgan fingerprint density at radius 2 is 1.43 bits per heavy atom. The van der Waals surface area contributed by atoms with E-state index in [1.54, 1.807) is 0 Å². The van der Waals surface area contributed by atoms with Gasteiger partial charge in [0.05, 0.1) is 0 Å². The summed E-state index contributed by atoms with van der Waals surface area (Å²) in [6.45, 7) is 2.14. The molecule has 0 heteroatoms. The van der Waals surface area contributed by atoms with Crippen molar-refractivity contribution in [1.29, 1.82) is 0 Å². The van der Waals surface area contributed by atoms with E-state index in [1.165, 1.54) is 49.4 Å². The Hall–Kier alpha value is -2.60. The van der Waals surface area contributed by atoms with Crippen molar-refractivity contribution >= 4 is 21.5 Å². The van der Waals surface area contributed by atoms with Crippen LogP contribution < -0.4 is 0 Å². The zero-order valence-corrected chi connectivity index (χ0v) is 13.3. The fraction of sp³-hybridized carbons (Fsp3) is 0.130. The van der Waals surface area contributed by atoms with E-state index < -0.39 is 0 Å². The molecule has 110 valence electrons. The van der Waals surface area contributed by atoms with Crippen LogP contribution in [0.4, 0.5) is 0 Å². The minimum Gasteiger partial charge on any atom is -0.0614 e. The predicted molar refractivity (Wildman–Crippen MR) is 99.0 cm³/mol. The van der Waals surface area contributed by atoms with Crippen LogP contribution in [0.25, 0.3) is 32.7 Å². The Balaban J connectivity index is 1.93. The summed E-state index contributed by atoms with van der Waals surface area (Å²) >= 11 is 0. The van der Waals surface area contributed by atoms with Crippen LogP contribution in [-0.2, 0) is 12.8 Å². The van der Waals surface area contributed by atoms with Gasteiger partial charge in [-0.3, -0.25) is 0 Å². The second kappa shape index (κ2) is 4.70. The average molecular weight is 294 g/mol. The molecular weight excluding hydrogens is 276 g/mol. The second-order valence-electron chi connectivity index (χ2n) is 6.64. The van der Waals surface area contributed by atoms with Crippen molar-refractivity contribution < 1.29 is 0 Å². The summed E-state index contributed by atoms with van der Waals surface area (Å²) in [6.07, 6.45) is 2.31. The van der Waals surface area contributed by atoms with E-state index in [4.69, 9.17) is 0 Å². The molecular formula is C23H18. The molecule has 0 spiro atoms. The molecule has 0 radical (unpaired) electrons. The highest BCUT2D eigenvalue weighted by Crippen LogP contribution is 2.39. The van der Waals surface area contributed by atoms with E-state index in [9.17, 15) is 0 Å². The van der Waals surface area contributed by atoms with Crippen LogP contribution in [0.1, 0.15) is 16.7 Å². The maximum absolute atomic E-state index is 2.34. The van der Waals surface area contributed by atoms with E-state index >= 15 is 0 Å². The van der Waals surface area contributed by atoms with Gasteiger partial charge in [0.2, 0.25) is 0 Å². The van der Waals surface area contributed by atoms with Gasteiger partial charge in [-0.05, 0) is 63.6 Å². The Morgan fingerprint density at radius 3 is 2.26 bits per heavy atom. The van der Waals surface area contributed by atoms with Crippen molar-refractivity contribution in [2.24, 2.45) is 0 Å². The highest BCUT2D eigenvalue weighted by molar-refractivity contribution is 6.15. The fourth-order valence-corrected chi connectivity index (χ4v) is 4.04. The molecule has 5 rings (SSSR count). The van der Waals surface area contributed by atoms with Gasteiger partial charge in [0.25, 0.3) is 0 Å². The summed E-state index contributed by atoms with van der Waals surface area (Å²) in [5, 5.41) is 5.71. The van der Waals surface area contributed by atoms with Crippen molar-refractivity contribution in [2.75, 3.05) is 0 Å². The van der Waals surface area contributed by atoms with Crippen LogP contribution in [0.5, 0.6) is 0 Å². The van der Waals surface area contributed by atoms with Crippen molar-refractivity contribution in [3.05, 3.63) is 83.4 Å². The number of hydrogen-bond acceptors (Lipinski definition) is 0. The zero-order valence-electron chi connectivity index (χ0n) is 13.3. The molecule has 0 bridgehead atoms. The molecule has 0 fully saturated rings. The van der Waals surface area contributed by atoms with Crippen LogP contribution in [0.15, 0.2) is 66.7 Å². The highest BCUT2D eigenvalue weighted by Gasteiger charge is 2.17. The van der Waals surface area contributed by atoms with Gasteiger partial charge < -0.3 is 0 Å². The van der Waals surface area contributed by atoms with Gasteiger partial charge in [0.15, 0.2) is 0 Å². The van der Waals surface area contributed by atoms with E-state index in [1.807, 2.05) is 0 Å². The predicted octanol–water partition coefficient (Wildman–Crippen LogP) is 6.07. The third-order valence-corrected chi connectivity index (χ3v) is 5.22. The lowest BCUT2D eigenvalue weighted by molar-refractivity contribution is 0.968. The molecule has 4 aromatic rings. The second-order valence-corrected chi connectivity index (χ2v) is 6.64. The van der Waals surface area contributed by atoms with Crippen LogP contribution in [0.3, 0.4) is 0 Å². The Morgan fingerprint density at radius 1 is 0.652 bits per heavy atom. The molecule has 0 saturated carbocycles. The van der Waals surface area contributed by atoms with Crippen LogP contribution in [-0.4, -0.2) is 0 Å². The van der Waals surface area contributed by atoms with E-state index in [2.05, 4.69) is 73.7 Å². The summed E-state index contributed by atoms with van der Waals surface area (Å²) in [6, 6.07) is 24.9. The third kappa shape index (κ3) is 1.85. The molecule has 0 N–H and O–H groups in total. The molecule has 0 heterocycles. The fourth-order valence-electron chi connectivity index (χ4n) is 4.04. The van der Waals surface area contributed by atoms with Crippen molar-refractivity contribution in [2.45, 2.75) is 19.8 Å². The number of aryl methyl sites for hydroxylation is 3. The standard InChI is InChI=1S/C23H18/c1-15-5-7-16(8-6-15)20-13-11-19-10-9-17-3-2-4-18-12-14-21(20)23(19)22(17)18/h2-8,11-14H,9-10H2,1H3. The van der Waals surface area contributed by atoms with Gasteiger partial charge in [-0.2, -0.15) is 0 Å². The smallest absolute Gasteiger partial charge is 0.00642 e. The monoisotopic (exact) mass is 294 g/mol. The molecule has 23 heavy (non-hydrogen) atoms. The van der Waals surface area contributed by atoms with E-state index in [0.29, 0.717) is 0 Å². The maximum atomic E-state index is 2.34. The van der Waals surface area contributed by atoms with Gasteiger partial charge in [0, 0.05) is 0 Å². The van der Waals surface area contributed by atoms with Crippen molar-refractivity contribution in [1.82, 2.24) is 0 Å². The highest BCUT2D eigenvalue weighted by atomic mass is 14.2. The first kappa shape index (κ1) is 12.9. The normalized spacial score (nSPS) is 13.1. The molecule has 0 aromatic heterocycles. The molecule has 1 aliphatic rings. The summed E-state index contributed by atoms with van der Waals surface area (Å²) < 4.78 is 0. The molecule has 4 aromatic carbocycles. The largest absolute Gasteiger partial charge is 0.0614 e. The van der Waals surface area contributed by atoms with Gasteiger partial charge in [-0.25, -0.2) is 0 Å². The van der Waals surface area contributed by atoms with Crippen LogP contribution >= 0.6 is 0 Å². The van der Waals surface area contributed by atoms with Crippen LogP contribution in [0.2, 0.25) is 0 Å². The average Bonchev–Trinajstić information content (AvgIpc) is 2.60. The summed E-state index contributed by atoms with van der Waals surface area (Å²) in [4.78, 5) is 0. The number of hydrogen-bond donors (Lipinski definition) is 0. The quantitative estimate of drug-likeness (QED) is 0.374. The number of benzene rings is 4. The van der Waals surface area contributed by atoms with Gasteiger partial charge in [0.1, 0.15) is 0 Å². The minimum absolute atomic E-state index is 1.15. The minimum atomic E-state index is 1.15. The molecule has 1 aliphatic carbocycles. The van der Waals surface area contributed by atoms with Crippen molar-refractivity contribution in [3.63, 3.8) is 0 Å². The summed E-state index contributed by atoms with van der Waals surface area (Å²) in [5.74, 6) is 0. The summed E-state index contributed by atoms with van der Waals surface area (Å²) in [5.41, 5.74) is 6.97. The lowest BCUT2D eigenvalue weighted by atomic mass is 9.84. The van der Waals surface area contributed by atoms with Crippen LogP contribution in [0, 0.1) is 6.92 Å². The lowest BCUT2D eigenvalue weighted by Gasteiger charge is -2.20. The SMILES string of the molecule is Cc1ccc(-c2ccc3c4c2ccc2cccc(c24)CC3)cc1. The van der Waals surface area contributed by atoms with Gasteiger partial charge in [-0.1, -0.05) is 72.3 Å². The first-order valence-electron chi connectivity index (χ1n) is 8.34. The third-order valence-electron chi connectivity index (χ3n) is 5.22. The molecule has 0 atom stereocenters. The first-order chi connectivity index (χ1) is 11.3. The Bertz CT molecular complexity index is 1050. The molecule has 0 saturated heterocycles. The Labute approximate surface area is 136 Å². The molecule has 0 unspecified atom stereocenters. The summed E-state index contributed by atoms with van der Waals surface area (Å²) in [7, 11) is 0. The first-order valence-corrected chi connectivity index (χ1v) is 8.34. The lowest BCUT2D eigenvalue weighted by Crippen LogP contribution is -2.01. The molecule has 0 aliphatic heterocycles. The van der Waals surface area contributed by atoms with E-state index in [0.717, 1.165) is 12.8 Å².